The van der Waals surface area contributed by atoms with Gasteiger partial charge in [-0.2, -0.15) is 5.10 Å². The third-order valence-electron chi connectivity index (χ3n) is 4.47. The Labute approximate surface area is 146 Å². The number of carbonyl (C=O) groups excluding carboxylic acids is 2. The van der Waals surface area contributed by atoms with Crippen LogP contribution in [0, 0.1) is 5.92 Å². The number of nitrogens with zero attached hydrogens (tertiary/aromatic N) is 4. The third kappa shape index (κ3) is 4.34. The van der Waals surface area contributed by atoms with E-state index in [9.17, 15) is 9.59 Å². The predicted octanol–water partition coefficient (Wildman–Crippen LogP) is 0.733. The van der Waals surface area contributed by atoms with Gasteiger partial charge in [0.15, 0.2) is 0 Å². The fourth-order valence-corrected chi connectivity index (χ4v) is 3.09. The maximum Gasteiger partial charge on any atom is 0.314 e. The van der Waals surface area contributed by atoms with Crippen LogP contribution in [0.5, 0.6) is 0 Å². The highest BCUT2D eigenvalue weighted by Gasteiger charge is 2.27. The molecule has 0 saturated carbocycles. The Morgan fingerprint density at radius 2 is 2.08 bits per heavy atom. The molecule has 1 saturated heterocycles. The molecule has 8 heteroatoms. The van der Waals surface area contributed by atoms with Crippen LogP contribution in [0.2, 0.25) is 0 Å². The van der Waals surface area contributed by atoms with Crippen molar-refractivity contribution in [2.45, 2.75) is 25.9 Å². The third-order valence-corrected chi connectivity index (χ3v) is 4.47. The maximum absolute atomic E-state index is 12.5. The second-order valence-corrected chi connectivity index (χ2v) is 6.20. The molecule has 0 spiro atoms. The maximum atomic E-state index is 12.5. The van der Waals surface area contributed by atoms with Crippen molar-refractivity contribution < 1.29 is 9.59 Å². The van der Waals surface area contributed by atoms with Crippen molar-refractivity contribution in [3.8, 4) is 0 Å². The number of nitrogens with one attached hydrogen (secondary N) is 1. The normalized spacial score (nSPS) is 17.3. The number of hydrogen-bond acceptors (Lipinski definition) is 4. The summed E-state index contributed by atoms with van der Waals surface area (Å²) in [6.07, 6.45) is 4.73. The Balaban J connectivity index is 1.59. The number of carbonyl (C=O) groups is 2. The van der Waals surface area contributed by atoms with Crippen LogP contribution in [0.3, 0.4) is 0 Å². The summed E-state index contributed by atoms with van der Waals surface area (Å²) in [5.41, 5.74) is 7.44. The molecule has 0 aliphatic carbocycles. The van der Waals surface area contributed by atoms with Crippen LogP contribution in [-0.4, -0.2) is 44.7 Å². The summed E-state index contributed by atoms with van der Waals surface area (Å²) < 4.78 is 1.74. The van der Waals surface area contributed by atoms with E-state index in [2.05, 4.69) is 15.4 Å². The van der Waals surface area contributed by atoms with Crippen LogP contribution < -0.4 is 11.1 Å². The van der Waals surface area contributed by atoms with Crippen molar-refractivity contribution >= 4 is 11.9 Å². The van der Waals surface area contributed by atoms with Gasteiger partial charge in [0.25, 0.3) is 0 Å². The summed E-state index contributed by atoms with van der Waals surface area (Å²) in [5.74, 6) is -0.245. The molecule has 3 amide bonds. The van der Waals surface area contributed by atoms with E-state index in [0.29, 0.717) is 26.2 Å². The van der Waals surface area contributed by atoms with Gasteiger partial charge in [-0.1, -0.05) is 24.3 Å². The number of piperidine rings is 1. The number of likely N-dealkylation sites (tertiary alicyclic amines) is 1. The summed E-state index contributed by atoms with van der Waals surface area (Å²) in [5, 5.41) is 7.10. The quantitative estimate of drug-likeness (QED) is 0.835. The molecule has 0 bridgehead atoms. The minimum Gasteiger partial charge on any atom is -0.352 e. The number of primary amides is 1. The molecule has 1 aromatic carbocycles. The Morgan fingerprint density at radius 1 is 1.28 bits per heavy atom. The summed E-state index contributed by atoms with van der Waals surface area (Å²) in [6, 6.07) is 7.45. The van der Waals surface area contributed by atoms with E-state index < -0.39 is 6.03 Å². The molecule has 1 fully saturated rings. The summed E-state index contributed by atoms with van der Waals surface area (Å²) in [7, 11) is 0. The van der Waals surface area contributed by atoms with Crippen LogP contribution in [0.4, 0.5) is 4.79 Å². The molecule has 0 unspecified atom stereocenters. The second-order valence-electron chi connectivity index (χ2n) is 6.20. The van der Waals surface area contributed by atoms with Crippen LogP contribution in [0.25, 0.3) is 0 Å². The fourth-order valence-electron chi connectivity index (χ4n) is 3.09. The molecule has 3 N–H and O–H groups in total. The van der Waals surface area contributed by atoms with Gasteiger partial charge in [-0.15, -0.1) is 0 Å². The van der Waals surface area contributed by atoms with Gasteiger partial charge in [-0.05, 0) is 24.0 Å². The Kier molecular flexibility index (Phi) is 5.27. The van der Waals surface area contributed by atoms with E-state index in [1.807, 2.05) is 24.3 Å². The standard InChI is InChI=1S/C17H22N6O2/c18-17(25)22-7-3-6-15(9-22)16(24)20-8-13-4-1-2-5-14(13)10-23-12-19-11-21-23/h1-2,4-5,11-12,15H,3,6-10H2,(H2,18,25)(H,20,24)/t15-/m0/s1. The zero-order valence-electron chi connectivity index (χ0n) is 14.0. The van der Waals surface area contributed by atoms with Crippen LogP contribution in [0.15, 0.2) is 36.9 Å². The average molecular weight is 342 g/mol. The number of hydrogen-bond donors (Lipinski definition) is 2. The first kappa shape index (κ1) is 16.9. The molecular weight excluding hydrogens is 320 g/mol. The first-order valence-corrected chi connectivity index (χ1v) is 8.35. The van der Waals surface area contributed by atoms with Crippen molar-refractivity contribution in [3.63, 3.8) is 0 Å². The second kappa shape index (κ2) is 7.78. The Hall–Kier alpha value is -2.90. The van der Waals surface area contributed by atoms with Gasteiger partial charge >= 0.3 is 6.03 Å². The van der Waals surface area contributed by atoms with Crippen molar-refractivity contribution in [1.29, 1.82) is 0 Å². The van der Waals surface area contributed by atoms with Gasteiger partial charge < -0.3 is 16.0 Å². The molecule has 8 nitrogen and oxygen atoms in total. The number of rotatable bonds is 5. The molecule has 132 valence electrons. The van der Waals surface area contributed by atoms with Gasteiger partial charge in [-0.25, -0.2) is 14.5 Å². The lowest BCUT2D eigenvalue weighted by atomic mass is 9.97. The van der Waals surface area contributed by atoms with Crippen LogP contribution in [0.1, 0.15) is 24.0 Å². The predicted molar refractivity (Wildman–Crippen MR) is 91.3 cm³/mol. The summed E-state index contributed by atoms with van der Waals surface area (Å²) >= 11 is 0. The highest BCUT2D eigenvalue weighted by Crippen LogP contribution is 2.17. The van der Waals surface area contributed by atoms with Gasteiger partial charge in [0.2, 0.25) is 5.91 Å². The lowest BCUT2D eigenvalue weighted by molar-refractivity contribution is -0.126. The minimum atomic E-state index is -0.462. The highest BCUT2D eigenvalue weighted by molar-refractivity contribution is 5.80. The van der Waals surface area contributed by atoms with Crippen molar-refractivity contribution in [2.24, 2.45) is 11.7 Å². The molecule has 1 aliphatic rings. The lowest BCUT2D eigenvalue weighted by Gasteiger charge is -2.30. The molecule has 2 aromatic rings. The summed E-state index contributed by atoms with van der Waals surface area (Å²) in [6.45, 7) is 2.06. The molecule has 3 rings (SSSR count). The minimum absolute atomic E-state index is 0.0403. The van der Waals surface area contributed by atoms with E-state index in [1.165, 1.54) is 11.2 Å². The monoisotopic (exact) mass is 342 g/mol. The van der Waals surface area contributed by atoms with Crippen LogP contribution >= 0.6 is 0 Å². The zero-order valence-corrected chi connectivity index (χ0v) is 14.0. The Morgan fingerprint density at radius 3 is 2.80 bits per heavy atom. The molecule has 25 heavy (non-hydrogen) atoms. The molecule has 1 atom stereocenters. The van der Waals surface area contributed by atoms with E-state index in [0.717, 1.165) is 24.0 Å². The number of nitrogens with two attached hydrogens (primary N) is 1. The Bertz CT molecular complexity index is 730. The van der Waals surface area contributed by atoms with E-state index in [1.54, 1.807) is 11.0 Å². The first-order valence-electron chi connectivity index (χ1n) is 8.35. The van der Waals surface area contributed by atoms with Crippen molar-refractivity contribution in [1.82, 2.24) is 25.0 Å². The first-order chi connectivity index (χ1) is 12.1. The lowest BCUT2D eigenvalue weighted by Crippen LogP contribution is -2.47. The molecule has 0 radical (unpaired) electrons. The summed E-state index contributed by atoms with van der Waals surface area (Å²) in [4.78, 5) is 29.2. The topological polar surface area (TPSA) is 106 Å². The largest absolute Gasteiger partial charge is 0.352 e. The molecule has 2 heterocycles. The van der Waals surface area contributed by atoms with Gasteiger partial charge in [0.05, 0.1) is 12.5 Å². The van der Waals surface area contributed by atoms with Crippen LogP contribution in [-0.2, 0) is 17.9 Å². The van der Waals surface area contributed by atoms with Gasteiger partial charge in [0.1, 0.15) is 12.7 Å². The fraction of sp³-hybridized carbons (Fsp3) is 0.412. The van der Waals surface area contributed by atoms with E-state index >= 15 is 0 Å². The number of aromatic nitrogens is 3. The number of amides is 3. The number of benzene rings is 1. The SMILES string of the molecule is NC(=O)N1CCC[C@H](C(=O)NCc2ccccc2Cn2cncn2)C1. The average Bonchev–Trinajstić information content (AvgIpc) is 3.14. The van der Waals surface area contributed by atoms with Gasteiger partial charge in [0, 0.05) is 19.6 Å². The smallest absolute Gasteiger partial charge is 0.314 e. The molecular formula is C17H22N6O2. The highest BCUT2D eigenvalue weighted by atomic mass is 16.2. The zero-order chi connectivity index (χ0) is 17.6. The molecule has 1 aliphatic heterocycles. The van der Waals surface area contributed by atoms with E-state index in [4.69, 9.17) is 5.73 Å². The number of urea groups is 1. The van der Waals surface area contributed by atoms with Gasteiger partial charge in [-0.3, -0.25) is 4.79 Å². The van der Waals surface area contributed by atoms with Crippen molar-refractivity contribution in [3.05, 3.63) is 48.0 Å². The molecule has 1 aromatic heterocycles. The van der Waals surface area contributed by atoms with E-state index in [-0.39, 0.29) is 11.8 Å². The van der Waals surface area contributed by atoms with Crippen molar-refractivity contribution in [2.75, 3.05) is 13.1 Å².